The molecular weight excluding hydrogens is 226 g/mol. The summed E-state index contributed by atoms with van der Waals surface area (Å²) in [4.78, 5) is 0. The SMILES string of the molecule is Nc1cnn(CC(O)c2ccccc2Cl)c1. The molecular formula is C11H12ClN3O. The van der Waals surface area contributed by atoms with Gasteiger partial charge in [-0.25, -0.2) is 0 Å². The van der Waals surface area contributed by atoms with E-state index in [1.807, 2.05) is 12.1 Å². The number of anilines is 1. The van der Waals surface area contributed by atoms with Crippen LogP contribution in [0, 0.1) is 0 Å². The Hall–Kier alpha value is -1.52. The van der Waals surface area contributed by atoms with Crippen molar-refractivity contribution in [3.05, 3.63) is 47.2 Å². The first-order valence-electron chi connectivity index (χ1n) is 4.87. The van der Waals surface area contributed by atoms with Crippen molar-refractivity contribution < 1.29 is 5.11 Å². The van der Waals surface area contributed by atoms with Crippen molar-refractivity contribution in [2.75, 3.05) is 5.73 Å². The van der Waals surface area contributed by atoms with Gasteiger partial charge in [-0.2, -0.15) is 5.10 Å². The summed E-state index contributed by atoms with van der Waals surface area (Å²) in [5.41, 5.74) is 6.80. The molecule has 1 atom stereocenters. The number of nitrogens with zero attached hydrogens (tertiary/aromatic N) is 2. The van der Waals surface area contributed by atoms with Gasteiger partial charge >= 0.3 is 0 Å². The van der Waals surface area contributed by atoms with Crippen LogP contribution in [0.3, 0.4) is 0 Å². The lowest BCUT2D eigenvalue weighted by molar-refractivity contribution is 0.151. The Morgan fingerprint density at radius 3 is 2.81 bits per heavy atom. The van der Waals surface area contributed by atoms with Crippen LogP contribution >= 0.6 is 11.6 Å². The van der Waals surface area contributed by atoms with E-state index in [1.165, 1.54) is 0 Å². The van der Waals surface area contributed by atoms with Crippen molar-refractivity contribution >= 4 is 17.3 Å². The Kier molecular flexibility index (Phi) is 3.12. The molecule has 16 heavy (non-hydrogen) atoms. The third-order valence-corrected chi connectivity index (χ3v) is 2.62. The molecule has 0 aliphatic rings. The molecule has 0 spiro atoms. The number of nitrogen functional groups attached to an aromatic ring is 1. The first-order chi connectivity index (χ1) is 7.66. The molecule has 0 saturated heterocycles. The van der Waals surface area contributed by atoms with Crippen molar-refractivity contribution in [2.45, 2.75) is 12.6 Å². The Morgan fingerprint density at radius 1 is 1.44 bits per heavy atom. The summed E-state index contributed by atoms with van der Waals surface area (Å²) in [7, 11) is 0. The number of halogens is 1. The number of benzene rings is 1. The number of aliphatic hydroxyl groups is 1. The van der Waals surface area contributed by atoms with E-state index in [0.29, 0.717) is 22.8 Å². The monoisotopic (exact) mass is 237 g/mol. The minimum Gasteiger partial charge on any atom is -0.396 e. The molecule has 0 amide bonds. The Bertz CT molecular complexity index is 484. The fourth-order valence-electron chi connectivity index (χ4n) is 1.50. The fraction of sp³-hybridized carbons (Fsp3) is 0.182. The Labute approximate surface area is 98.3 Å². The highest BCUT2D eigenvalue weighted by Crippen LogP contribution is 2.23. The van der Waals surface area contributed by atoms with Crippen LogP contribution in [0.15, 0.2) is 36.7 Å². The van der Waals surface area contributed by atoms with Crippen molar-refractivity contribution in [2.24, 2.45) is 0 Å². The van der Waals surface area contributed by atoms with Gasteiger partial charge in [0.1, 0.15) is 0 Å². The van der Waals surface area contributed by atoms with E-state index < -0.39 is 6.10 Å². The number of nitrogens with two attached hydrogens (primary N) is 1. The molecule has 0 fully saturated rings. The summed E-state index contributed by atoms with van der Waals surface area (Å²) in [6, 6.07) is 7.20. The van der Waals surface area contributed by atoms with E-state index in [4.69, 9.17) is 17.3 Å². The molecule has 0 aliphatic heterocycles. The van der Waals surface area contributed by atoms with E-state index in [2.05, 4.69) is 5.10 Å². The van der Waals surface area contributed by atoms with Gasteiger partial charge in [-0.05, 0) is 6.07 Å². The molecule has 84 valence electrons. The predicted octanol–water partition coefficient (Wildman–Crippen LogP) is 1.85. The standard InChI is InChI=1S/C11H12ClN3O/c12-10-4-2-1-3-9(10)11(16)7-15-6-8(13)5-14-15/h1-6,11,16H,7,13H2. The zero-order chi connectivity index (χ0) is 11.5. The van der Waals surface area contributed by atoms with Gasteiger partial charge in [-0.1, -0.05) is 29.8 Å². The largest absolute Gasteiger partial charge is 0.396 e. The van der Waals surface area contributed by atoms with Crippen molar-refractivity contribution in [3.8, 4) is 0 Å². The van der Waals surface area contributed by atoms with Crippen LogP contribution in [0.2, 0.25) is 5.02 Å². The van der Waals surface area contributed by atoms with Crippen LogP contribution < -0.4 is 5.73 Å². The lowest BCUT2D eigenvalue weighted by Crippen LogP contribution is -2.09. The topological polar surface area (TPSA) is 64.1 Å². The Morgan fingerprint density at radius 2 is 2.19 bits per heavy atom. The molecule has 0 aliphatic carbocycles. The summed E-state index contributed by atoms with van der Waals surface area (Å²) in [5.74, 6) is 0. The van der Waals surface area contributed by atoms with Gasteiger partial charge in [-0.15, -0.1) is 0 Å². The maximum atomic E-state index is 9.98. The average molecular weight is 238 g/mol. The van der Waals surface area contributed by atoms with Gasteiger partial charge in [0.05, 0.1) is 24.5 Å². The summed E-state index contributed by atoms with van der Waals surface area (Å²) >= 11 is 5.98. The van der Waals surface area contributed by atoms with Gasteiger partial charge in [0, 0.05) is 16.8 Å². The maximum Gasteiger partial charge on any atom is 0.1000 e. The summed E-state index contributed by atoms with van der Waals surface area (Å²) in [6.07, 6.45) is 2.52. The van der Waals surface area contributed by atoms with E-state index in [0.717, 1.165) is 0 Å². The van der Waals surface area contributed by atoms with Crippen LogP contribution in [0.1, 0.15) is 11.7 Å². The zero-order valence-electron chi connectivity index (χ0n) is 8.55. The number of hydrogen-bond donors (Lipinski definition) is 2. The first-order valence-corrected chi connectivity index (χ1v) is 5.25. The summed E-state index contributed by atoms with van der Waals surface area (Å²) in [5, 5.41) is 14.5. The van der Waals surface area contributed by atoms with E-state index >= 15 is 0 Å². The molecule has 1 aromatic carbocycles. The van der Waals surface area contributed by atoms with Crippen molar-refractivity contribution in [1.29, 1.82) is 0 Å². The number of aromatic nitrogens is 2. The molecule has 1 unspecified atom stereocenters. The quantitative estimate of drug-likeness (QED) is 0.856. The minimum absolute atomic E-state index is 0.334. The normalized spacial score (nSPS) is 12.6. The summed E-state index contributed by atoms with van der Waals surface area (Å²) in [6.45, 7) is 0.334. The molecule has 5 heteroatoms. The van der Waals surface area contributed by atoms with Gasteiger partial charge < -0.3 is 10.8 Å². The van der Waals surface area contributed by atoms with Crippen molar-refractivity contribution in [1.82, 2.24) is 9.78 Å². The van der Waals surface area contributed by atoms with Crippen LogP contribution in [-0.2, 0) is 6.54 Å². The van der Waals surface area contributed by atoms with Crippen LogP contribution in [0.25, 0.3) is 0 Å². The number of rotatable bonds is 3. The van der Waals surface area contributed by atoms with E-state index in [9.17, 15) is 5.11 Å². The van der Waals surface area contributed by atoms with Crippen LogP contribution in [-0.4, -0.2) is 14.9 Å². The molecule has 0 radical (unpaired) electrons. The fourth-order valence-corrected chi connectivity index (χ4v) is 1.76. The molecule has 0 bridgehead atoms. The lowest BCUT2D eigenvalue weighted by Gasteiger charge is -2.12. The highest BCUT2D eigenvalue weighted by Gasteiger charge is 2.11. The molecule has 3 N–H and O–H groups in total. The smallest absolute Gasteiger partial charge is 0.1000 e. The van der Waals surface area contributed by atoms with Gasteiger partial charge in [-0.3, -0.25) is 4.68 Å². The lowest BCUT2D eigenvalue weighted by atomic mass is 10.1. The van der Waals surface area contributed by atoms with Crippen LogP contribution in [0.4, 0.5) is 5.69 Å². The van der Waals surface area contributed by atoms with Gasteiger partial charge in [0.15, 0.2) is 0 Å². The summed E-state index contributed by atoms with van der Waals surface area (Å²) < 4.78 is 1.59. The molecule has 1 heterocycles. The number of hydrogen-bond acceptors (Lipinski definition) is 3. The van der Waals surface area contributed by atoms with Gasteiger partial charge in [0.2, 0.25) is 0 Å². The van der Waals surface area contributed by atoms with E-state index in [1.54, 1.807) is 29.2 Å². The maximum absolute atomic E-state index is 9.98. The number of aliphatic hydroxyl groups excluding tert-OH is 1. The highest BCUT2D eigenvalue weighted by atomic mass is 35.5. The third kappa shape index (κ3) is 2.35. The average Bonchev–Trinajstić information content (AvgIpc) is 2.64. The minimum atomic E-state index is -0.687. The second kappa shape index (κ2) is 4.55. The van der Waals surface area contributed by atoms with Crippen LogP contribution in [0.5, 0.6) is 0 Å². The second-order valence-electron chi connectivity index (χ2n) is 3.53. The molecule has 2 rings (SSSR count). The second-order valence-corrected chi connectivity index (χ2v) is 3.94. The van der Waals surface area contributed by atoms with E-state index in [-0.39, 0.29) is 0 Å². The zero-order valence-corrected chi connectivity index (χ0v) is 9.30. The Balaban J connectivity index is 2.14. The molecule has 1 aromatic heterocycles. The molecule has 2 aromatic rings. The molecule has 4 nitrogen and oxygen atoms in total. The predicted molar refractivity (Wildman–Crippen MR) is 63.1 cm³/mol. The van der Waals surface area contributed by atoms with Crippen molar-refractivity contribution in [3.63, 3.8) is 0 Å². The third-order valence-electron chi connectivity index (χ3n) is 2.28. The highest BCUT2D eigenvalue weighted by molar-refractivity contribution is 6.31. The first kappa shape index (κ1) is 11.0. The van der Waals surface area contributed by atoms with Gasteiger partial charge in [0.25, 0.3) is 0 Å². The molecule has 0 saturated carbocycles.